The molecule has 102 valence electrons. The van der Waals surface area contributed by atoms with E-state index in [2.05, 4.69) is 0 Å². The molecule has 1 aromatic carbocycles. The second kappa shape index (κ2) is 4.64. The minimum absolute atomic E-state index is 0.0398. The summed E-state index contributed by atoms with van der Waals surface area (Å²) in [5.74, 6) is -3.68. The minimum Gasteiger partial charge on any atom is -0.299 e. The summed E-state index contributed by atoms with van der Waals surface area (Å²) < 4.78 is 27.4. The molecule has 0 atom stereocenters. The van der Waals surface area contributed by atoms with Gasteiger partial charge < -0.3 is 0 Å². The number of nitrogens with zero attached hydrogens (tertiary/aromatic N) is 1. The lowest BCUT2D eigenvalue weighted by Gasteiger charge is -2.15. The Morgan fingerprint density at radius 2 is 1.95 bits per heavy atom. The molecule has 7 heteroatoms. The molecular formula is C13H6ClF2NO2S. The third kappa shape index (κ3) is 2.01. The first kappa shape index (κ1) is 13.2. The molecule has 1 amide bonds. The number of carbonyl (C=O) groups excluding carboxylic acids is 2. The van der Waals surface area contributed by atoms with Crippen LogP contribution in [0.3, 0.4) is 0 Å². The minimum atomic E-state index is -1.02. The predicted molar refractivity (Wildman–Crippen MR) is 71.2 cm³/mol. The zero-order chi connectivity index (χ0) is 14.4. The third-order valence-electron chi connectivity index (χ3n) is 2.93. The van der Waals surface area contributed by atoms with E-state index in [-0.39, 0.29) is 17.8 Å². The molecule has 0 spiro atoms. The molecule has 3 nitrogen and oxygen atoms in total. The van der Waals surface area contributed by atoms with E-state index in [0.717, 1.165) is 11.0 Å². The zero-order valence-electron chi connectivity index (χ0n) is 9.82. The number of hydrogen-bond acceptors (Lipinski definition) is 3. The molecule has 1 aliphatic heterocycles. The van der Waals surface area contributed by atoms with E-state index in [1.807, 2.05) is 0 Å². The van der Waals surface area contributed by atoms with Crippen molar-refractivity contribution in [2.45, 2.75) is 6.54 Å². The number of ketones is 1. The number of halogens is 3. The van der Waals surface area contributed by atoms with Gasteiger partial charge in [0.1, 0.15) is 11.6 Å². The van der Waals surface area contributed by atoms with E-state index in [0.29, 0.717) is 15.3 Å². The summed E-state index contributed by atoms with van der Waals surface area (Å²) in [4.78, 5) is 25.4. The van der Waals surface area contributed by atoms with Gasteiger partial charge in [0.25, 0.3) is 11.7 Å². The lowest BCUT2D eigenvalue weighted by Crippen LogP contribution is -2.28. The number of amides is 1. The molecule has 0 saturated carbocycles. The largest absolute Gasteiger partial charge is 0.299 e. The maximum absolute atomic E-state index is 13.6. The van der Waals surface area contributed by atoms with Crippen LogP contribution in [-0.4, -0.2) is 11.7 Å². The second-order valence-corrected chi connectivity index (χ2v) is 6.01. The fraction of sp³-hybridized carbons (Fsp3) is 0.0769. The Hall–Kier alpha value is -1.79. The van der Waals surface area contributed by atoms with Gasteiger partial charge >= 0.3 is 0 Å². The molecule has 0 unspecified atom stereocenters. The van der Waals surface area contributed by atoms with Crippen LogP contribution in [0.2, 0.25) is 4.34 Å². The standard InChI is InChI=1S/C13H6ClF2NO2S/c14-10-2-1-7(20-10)5-17-9-4-6(15)3-8(16)11(9)12(18)13(17)19/h1-4H,5H2. The number of fused-ring (bicyclic) bond motifs is 1. The molecule has 2 aromatic rings. The number of carbonyl (C=O) groups is 2. The van der Waals surface area contributed by atoms with Crippen molar-refractivity contribution in [2.75, 3.05) is 4.90 Å². The van der Waals surface area contributed by atoms with E-state index in [4.69, 9.17) is 11.6 Å². The Bertz CT molecular complexity index is 744. The van der Waals surface area contributed by atoms with Gasteiger partial charge in [0.2, 0.25) is 0 Å². The van der Waals surface area contributed by atoms with E-state index in [1.54, 1.807) is 12.1 Å². The lowest BCUT2D eigenvalue weighted by molar-refractivity contribution is -0.114. The van der Waals surface area contributed by atoms with Crippen molar-refractivity contribution >= 4 is 40.3 Å². The van der Waals surface area contributed by atoms with Crippen molar-refractivity contribution in [3.63, 3.8) is 0 Å². The first-order chi connectivity index (χ1) is 9.47. The molecule has 2 heterocycles. The quantitative estimate of drug-likeness (QED) is 0.797. The maximum Gasteiger partial charge on any atom is 0.299 e. The smallest absolute Gasteiger partial charge is 0.299 e. The third-order valence-corrected chi connectivity index (χ3v) is 4.15. The molecule has 20 heavy (non-hydrogen) atoms. The van der Waals surface area contributed by atoms with E-state index < -0.39 is 23.3 Å². The van der Waals surface area contributed by atoms with Gasteiger partial charge in [-0.2, -0.15) is 0 Å². The topological polar surface area (TPSA) is 37.4 Å². The number of thiophene rings is 1. The fourth-order valence-electron chi connectivity index (χ4n) is 2.09. The van der Waals surface area contributed by atoms with Gasteiger partial charge in [0.05, 0.1) is 22.1 Å². The monoisotopic (exact) mass is 313 g/mol. The van der Waals surface area contributed by atoms with Crippen molar-refractivity contribution in [3.8, 4) is 0 Å². The van der Waals surface area contributed by atoms with Crippen molar-refractivity contribution < 1.29 is 18.4 Å². The molecule has 0 bridgehead atoms. The molecule has 0 saturated heterocycles. The molecule has 0 radical (unpaired) electrons. The van der Waals surface area contributed by atoms with Gasteiger partial charge in [-0.3, -0.25) is 14.5 Å². The number of anilines is 1. The Kier molecular flexibility index (Phi) is 3.07. The van der Waals surface area contributed by atoms with E-state index in [1.165, 1.54) is 11.3 Å². The van der Waals surface area contributed by atoms with Crippen molar-refractivity contribution in [1.82, 2.24) is 0 Å². The van der Waals surface area contributed by atoms with Crippen molar-refractivity contribution in [1.29, 1.82) is 0 Å². The highest BCUT2D eigenvalue weighted by atomic mass is 35.5. The van der Waals surface area contributed by atoms with Gasteiger partial charge in [0.15, 0.2) is 0 Å². The lowest BCUT2D eigenvalue weighted by atomic mass is 10.1. The highest BCUT2D eigenvalue weighted by Gasteiger charge is 2.38. The number of Topliss-reactive ketones (excluding diaryl/α,β-unsaturated/α-hetero) is 1. The predicted octanol–water partition coefficient (Wildman–Crippen LogP) is 3.41. The average Bonchev–Trinajstić information content (AvgIpc) is 2.87. The molecule has 3 rings (SSSR count). The Morgan fingerprint density at radius 3 is 2.60 bits per heavy atom. The van der Waals surface area contributed by atoms with Gasteiger partial charge in [-0.05, 0) is 18.2 Å². The average molecular weight is 314 g/mol. The van der Waals surface area contributed by atoms with Crippen LogP contribution in [0.1, 0.15) is 15.2 Å². The normalized spacial score (nSPS) is 14.1. The molecule has 1 aromatic heterocycles. The summed E-state index contributed by atoms with van der Waals surface area (Å²) in [7, 11) is 0. The SMILES string of the molecule is O=C1C(=O)N(Cc2ccc(Cl)s2)c2cc(F)cc(F)c21. The van der Waals surface area contributed by atoms with Crippen molar-refractivity contribution in [3.05, 3.63) is 50.7 Å². The Morgan fingerprint density at radius 1 is 1.20 bits per heavy atom. The van der Waals surface area contributed by atoms with E-state index >= 15 is 0 Å². The summed E-state index contributed by atoms with van der Waals surface area (Å²) in [5.41, 5.74) is -0.416. The van der Waals surface area contributed by atoms with Gasteiger partial charge in [0, 0.05) is 10.9 Å². The van der Waals surface area contributed by atoms with Gasteiger partial charge in [-0.25, -0.2) is 8.78 Å². The Balaban J connectivity index is 2.06. The number of rotatable bonds is 2. The highest BCUT2D eigenvalue weighted by Crippen LogP contribution is 2.34. The maximum atomic E-state index is 13.6. The van der Waals surface area contributed by atoms with Crippen LogP contribution in [0.5, 0.6) is 0 Å². The summed E-state index contributed by atoms with van der Waals surface area (Å²) in [6.07, 6.45) is 0. The molecule has 0 fully saturated rings. The molecule has 1 aliphatic rings. The van der Waals surface area contributed by atoms with Crippen LogP contribution in [0.25, 0.3) is 0 Å². The highest BCUT2D eigenvalue weighted by molar-refractivity contribution is 7.16. The van der Waals surface area contributed by atoms with Crippen LogP contribution >= 0.6 is 22.9 Å². The summed E-state index contributed by atoms with van der Waals surface area (Å²) in [6.45, 7) is 0.0534. The van der Waals surface area contributed by atoms with E-state index in [9.17, 15) is 18.4 Å². The summed E-state index contributed by atoms with van der Waals surface area (Å²) in [5, 5.41) is 0. The number of benzene rings is 1. The molecule has 0 aliphatic carbocycles. The fourth-order valence-corrected chi connectivity index (χ4v) is 3.16. The number of hydrogen-bond donors (Lipinski definition) is 0. The first-order valence-electron chi connectivity index (χ1n) is 5.57. The van der Waals surface area contributed by atoms with Crippen LogP contribution in [0.4, 0.5) is 14.5 Å². The second-order valence-electron chi connectivity index (χ2n) is 4.21. The van der Waals surface area contributed by atoms with Gasteiger partial charge in [-0.1, -0.05) is 11.6 Å². The van der Waals surface area contributed by atoms with Crippen molar-refractivity contribution in [2.24, 2.45) is 0 Å². The Labute approximate surface area is 121 Å². The zero-order valence-corrected chi connectivity index (χ0v) is 11.4. The van der Waals surface area contributed by atoms with Crippen LogP contribution in [0, 0.1) is 11.6 Å². The van der Waals surface area contributed by atoms with Crippen LogP contribution < -0.4 is 4.90 Å². The van der Waals surface area contributed by atoms with Crippen LogP contribution in [0.15, 0.2) is 24.3 Å². The first-order valence-corrected chi connectivity index (χ1v) is 6.76. The van der Waals surface area contributed by atoms with Gasteiger partial charge in [-0.15, -0.1) is 11.3 Å². The van der Waals surface area contributed by atoms with Crippen LogP contribution in [-0.2, 0) is 11.3 Å². The summed E-state index contributed by atoms with van der Waals surface area (Å²) >= 11 is 7.02. The molecular weight excluding hydrogens is 308 g/mol. The summed E-state index contributed by atoms with van der Waals surface area (Å²) in [6, 6.07) is 4.92. The molecule has 0 N–H and O–H groups in total.